The minimum Gasteiger partial charge on any atom is -0.368 e. The molecule has 3 nitrogen and oxygen atoms in total. The van der Waals surface area contributed by atoms with Crippen LogP contribution in [0.15, 0.2) is 0 Å². The van der Waals surface area contributed by atoms with Gasteiger partial charge in [-0.05, 0) is 31.7 Å². The van der Waals surface area contributed by atoms with E-state index in [0.717, 1.165) is 38.1 Å². The summed E-state index contributed by atoms with van der Waals surface area (Å²) in [5, 5.41) is 3.31. The Morgan fingerprint density at radius 1 is 1.40 bits per heavy atom. The largest absolute Gasteiger partial charge is 0.368 e. The van der Waals surface area contributed by atoms with E-state index >= 15 is 0 Å². The Morgan fingerprint density at radius 3 is 2.67 bits per heavy atom. The Morgan fingerprint density at radius 2 is 2.13 bits per heavy atom. The first-order valence-electron chi connectivity index (χ1n) is 6.19. The summed E-state index contributed by atoms with van der Waals surface area (Å²) in [6.07, 6.45) is 6.54. The molecular formula is C12H24N2O. The van der Waals surface area contributed by atoms with Gasteiger partial charge in [-0.2, -0.15) is 0 Å². The lowest BCUT2D eigenvalue weighted by Crippen LogP contribution is -2.55. The molecule has 15 heavy (non-hydrogen) atoms. The minimum atomic E-state index is -0.418. The van der Waals surface area contributed by atoms with Crippen LogP contribution < -0.4 is 11.1 Å². The third-order valence-electron chi connectivity index (χ3n) is 3.76. The van der Waals surface area contributed by atoms with Gasteiger partial charge in [-0.3, -0.25) is 4.79 Å². The molecule has 1 fully saturated rings. The Balaban J connectivity index is 2.68. The average Bonchev–Trinajstić information content (AvgIpc) is 2.42. The van der Waals surface area contributed by atoms with Crippen molar-refractivity contribution >= 4 is 5.91 Å². The second-order valence-corrected chi connectivity index (χ2v) is 4.68. The smallest absolute Gasteiger partial charge is 0.237 e. The predicted molar refractivity (Wildman–Crippen MR) is 62.5 cm³/mol. The molecule has 1 aliphatic rings. The number of likely N-dealkylation sites (N-methyl/N-ethyl adjacent to an activating group) is 1. The molecule has 2 atom stereocenters. The highest BCUT2D eigenvalue weighted by Gasteiger charge is 2.37. The van der Waals surface area contributed by atoms with Crippen molar-refractivity contribution in [2.45, 2.75) is 57.9 Å². The van der Waals surface area contributed by atoms with Gasteiger partial charge in [0.05, 0.1) is 5.54 Å². The molecule has 1 amide bonds. The SMILES string of the molecule is CCNC1(C(N)=O)CCCC(CC)CC1. The molecule has 0 saturated heterocycles. The summed E-state index contributed by atoms with van der Waals surface area (Å²) >= 11 is 0. The molecule has 2 unspecified atom stereocenters. The zero-order valence-electron chi connectivity index (χ0n) is 10.0. The molecule has 0 spiro atoms. The van der Waals surface area contributed by atoms with Gasteiger partial charge < -0.3 is 11.1 Å². The molecule has 1 rings (SSSR count). The number of hydrogen-bond donors (Lipinski definition) is 2. The maximum atomic E-state index is 11.6. The summed E-state index contributed by atoms with van der Waals surface area (Å²) in [7, 11) is 0. The highest BCUT2D eigenvalue weighted by atomic mass is 16.1. The van der Waals surface area contributed by atoms with Crippen molar-refractivity contribution in [1.82, 2.24) is 5.32 Å². The summed E-state index contributed by atoms with van der Waals surface area (Å²) in [5.74, 6) is 0.617. The van der Waals surface area contributed by atoms with E-state index in [2.05, 4.69) is 12.2 Å². The normalized spacial score (nSPS) is 32.3. The van der Waals surface area contributed by atoms with Crippen molar-refractivity contribution in [3.05, 3.63) is 0 Å². The van der Waals surface area contributed by atoms with Crippen LogP contribution in [0.3, 0.4) is 0 Å². The third-order valence-corrected chi connectivity index (χ3v) is 3.76. The predicted octanol–water partition coefficient (Wildman–Crippen LogP) is 1.81. The first kappa shape index (κ1) is 12.5. The van der Waals surface area contributed by atoms with E-state index in [0.29, 0.717) is 0 Å². The van der Waals surface area contributed by atoms with Crippen LogP contribution in [0.2, 0.25) is 0 Å². The number of carbonyl (C=O) groups excluding carboxylic acids is 1. The highest BCUT2D eigenvalue weighted by Crippen LogP contribution is 2.31. The molecule has 0 radical (unpaired) electrons. The number of rotatable bonds is 4. The minimum absolute atomic E-state index is 0.166. The van der Waals surface area contributed by atoms with Gasteiger partial charge in [0.25, 0.3) is 0 Å². The topological polar surface area (TPSA) is 55.1 Å². The van der Waals surface area contributed by atoms with Gasteiger partial charge in [-0.1, -0.05) is 33.1 Å². The Bertz CT molecular complexity index is 218. The average molecular weight is 212 g/mol. The van der Waals surface area contributed by atoms with Crippen LogP contribution in [0.5, 0.6) is 0 Å². The molecule has 3 N–H and O–H groups in total. The monoisotopic (exact) mass is 212 g/mol. The third kappa shape index (κ3) is 2.94. The molecule has 1 aliphatic carbocycles. The molecule has 0 aromatic heterocycles. The van der Waals surface area contributed by atoms with Crippen LogP contribution in [0.4, 0.5) is 0 Å². The van der Waals surface area contributed by atoms with Gasteiger partial charge in [-0.25, -0.2) is 0 Å². The lowest BCUT2D eigenvalue weighted by Gasteiger charge is -2.30. The van der Waals surface area contributed by atoms with Gasteiger partial charge in [0.15, 0.2) is 0 Å². The van der Waals surface area contributed by atoms with E-state index in [9.17, 15) is 4.79 Å². The number of carbonyl (C=O) groups is 1. The highest BCUT2D eigenvalue weighted by molar-refractivity contribution is 5.84. The van der Waals surface area contributed by atoms with Crippen LogP contribution in [0.1, 0.15) is 52.4 Å². The van der Waals surface area contributed by atoms with Crippen molar-refractivity contribution in [2.75, 3.05) is 6.54 Å². The maximum Gasteiger partial charge on any atom is 0.237 e. The summed E-state index contributed by atoms with van der Waals surface area (Å²) in [6, 6.07) is 0. The summed E-state index contributed by atoms with van der Waals surface area (Å²) in [6.45, 7) is 5.09. The van der Waals surface area contributed by atoms with Gasteiger partial charge in [0.2, 0.25) is 5.91 Å². The lowest BCUT2D eigenvalue weighted by molar-refractivity contribution is -0.125. The Hall–Kier alpha value is -0.570. The molecule has 88 valence electrons. The fourth-order valence-corrected chi connectivity index (χ4v) is 2.67. The summed E-state index contributed by atoms with van der Waals surface area (Å²) in [5.41, 5.74) is 5.13. The van der Waals surface area contributed by atoms with Gasteiger partial charge in [0, 0.05) is 0 Å². The van der Waals surface area contributed by atoms with Crippen LogP contribution in [0, 0.1) is 5.92 Å². The van der Waals surface area contributed by atoms with Crippen molar-refractivity contribution < 1.29 is 4.79 Å². The first-order valence-corrected chi connectivity index (χ1v) is 6.19. The number of primary amides is 1. The quantitative estimate of drug-likeness (QED) is 0.698. The van der Waals surface area contributed by atoms with Crippen molar-refractivity contribution in [1.29, 1.82) is 0 Å². The van der Waals surface area contributed by atoms with E-state index < -0.39 is 5.54 Å². The van der Waals surface area contributed by atoms with Gasteiger partial charge >= 0.3 is 0 Å². The van der Waals surface area contributed by atoms with E-state index in [-0.39, 0.29) is 5.91 Å². The summed E-state index contributed by atoms with van der Waals surface area (Å²) < 4.78 is 0. The van der Waals surface area contributed by atoms with Crippen molar-refractivity contribution in [2.24, 2.45) is 11.7 Å². The Kier molecular flexibility index (Phi) is 4.58. The molecule has 0 aliphatic heterocycles. The first-order chi connectivity index (χ1) is 7.14. The van der Waals surface area contributed by atoms with Gasteiger partial charge in [0.1, 0.15) is 0 Å². The maximum absolute atomic E-state index is 11.6. The second-order valence-electron chi connectivity index (χ2n) is 4.68. The standard InChI is InChI=1S/C12H24N2O/c1-3-10-6-5-8-12(9-7-10,11(13)15)14-4-2/h10,14H,3-9H2,1-2H3,(H2,13,15). The van der Waals surface area contributed by atoms with E-state index in [1.807, 2.05) is 6.92 Å². The number of nitrogens with two attached hydrogens (primary N) is 1. The molecule has 1 saturated carbocycles. The molecule has 0 bridgehead atoms. The van der Waals surface area contributed by atoms with E-state index in [1.54, 1.807) is 0 Å². The van der Waals surface area contributed by atoms with Crippen molar-refractivity contribution in [3.8, 4) is 0 Å². The van der Waals surface area contributed by atoms with Gasteiger partial charge in [-0.15, -0.1) is 0 Å². The van der Waals surface area contributed by atoms with E-state index in [4.69, 9.17) is 5.73 Å². The molecule has 0 aromatic carbocycles. The van der Waals surface area contributed by atoms with Crippen LogP contribution in [0.25, 0.3) is 0 Å². The van der Waals surface area contributed by atoms with Crippen molar-refractivity contribution in [3.63, 3.8) is 0 Å². The lowest BCUT2D eigenvalue weighted by atomic mass is 9.88. The number of hydrogen-bond acceptors (Lipinski definition) is 2. The second kappa shape index (κ2) is 5.50. The zero-order chi connectivity index (χ0) is 11.3. The molecule has 0 heterocycles. The molecule has 3 heteroatoms. The molecule has 0 aromatic rings. The fourth-order valence-electron chi connectivity index (χ4n) is 2.67. The fraction of sp³-hybridized carbons (Fsp3) is 0.917. The van der Waals surface area contributed by atoms with Crippen LogP contribution >= 0.6 is 0 Å². The molecular weight excluding hydrogens is 188 g/mol. The van der Waals surface area contributed by atoms with Crippen LogP contribution in [-0.2, 0) is 4.79 Å². The van der Waals surface area contributed by atoms with E-state index in [1.165, 1.54) is 12.8 Å². The number of nitrogens with one attached hydrogen (secondary N) is 1. The zero-order valence-corrected chi connectivity index (χ0v) is 10.0. The van der Waals surface area contributed by atoms with Crippen LogP contribution in [-0.4, -0.2) is 18.0 Å². The number of amides is 1. The Labute approximate surface area is 92.8 Å². The summed E-state index contributed by atoms with van der Waals surface area (Å²) in [4.78, 5) is 11.6.